The Kier molecular flexibility index (Phi) is 3.57. The predicted octanol–water partition coefficient (Wildman–Crippen LogP) is 3.10. The quantitative estimate of drug-likeness (QED) is 0.886. The van der Waals surface area contributed by atoms with Crippen LogP contribution in [-0.4, -0.2) is 20.4 Å². The summed E-state index contributed by atoms with van der Waals surface area (Å²) in [6.45, 7) is 4.11. The molecule has 2 aromatic heterocycles. The average molecular weight is 263 g/mol. The van der Waals surface area contributed by atoms with E-state index in [1.165, 1.54) is 5.38 Å². The molecule has 0 saturated heterocycles. The lowest BCUT2D eigenvalue weighted by atomic mass is 10.1. The Hall–Kier alpha value is -1.95. The van der Waals surface area contributed by atoms with Gasteiger partial charge in [0.1, 0.15) is 5.56 Å². The van der Waals surface area contributed by atoms with Gasteiger partial charge in [-0.25, -0.2) is 4.79 Å². The number of hydrogen-bond acceptors (Lipinski definition) is 5. The first-order valence-electron chi connectivity index (χ1n) is 5.48. The first-order valence-corrected chi connectivity index (χ1v) is 6.32. The van der Waals surface area contributed by atoms with Gasteiger partial charge in [-0.05, 0) is 29.6 Å². The molecule has 0 aliphatic rings. The zero-order valence-corrected chi connectivity index (χ0v) is 10.9. The molecule has 5 nitrogen and oxygen atoms in total. The van der Waals surface area contributed by atoms with Gasteiger partial charge in [0.15, 0.2) is 5.82 Å². The molecule has 0 saturated carbocycles. The van der Waals surface area contributed by atoms with Crippen LogP contribution in [0.5, 0.6) is 0 Å². The number of nitrogens with one attached hydrogen (secondary N) is 1. The molecule has 0 aliphatic heterocycles. The third-order valence-electron chi connectivity index (χ3n) is 2.44. The van der Waals surface area contributed by atoms with Crippen LogP contribution in [0.25, 0.3) is 0 Å². The van der Waals surface area contributed by atoms with Crippen LogP contribution in [0.2, 0.25) is 0 Å². The molecule has 0 spiro atoms. The zero-order chi connectivity index (χ0) is 13.1. The van der Waals surface area contributed by atoms with E-state index in [4.69, 9.17) is 5.11 Å². The fraction of sp³-hybridized carbons (Fsp3) is 0.250. The SMILES string of the molecule is CC(C)c1cc(Nc2nscc2C(=O)O)ccn1. The maximum Gasteiger partial charge on any atom is 0.340 e. The van der Waals surface area contributed by atoms with E-state index in [0.717, 1.165) is 22.9 Å². The standard InChI is InChI=1S/C12H13N3O2S/c1-7(2)10-5-8(3-4-13-10)14-11-9(12(16)17)6-18-15-11/h3-7H,1-2H3,(H,16,17)(H,13,14,15). The molecule has 0 aromatic carbocycles. The van der Waals surface area contributed by atoms with Crippen LogP contribution in [0.15, 0.2) is 23.7 Å². The Labute approximate surface area is 109 Å². The third kappa shape index (κ3) is 2.65. The van der Waals surface area contributed by atoms with Crippen LogP contribution >= 0.6 is 11.5 Å². The second kappa shape index (κ2) is 5.14. The van der Waals surface area contributed by atoms with Crippen molar-refractivity contribution in [3.8, 4) is 0 Å². The van der Waals surface area contributed by atoms with E-state index in [9.17, 15) is 4.79 Å². The summed E-state index contributed by atoms with van der Waals surface area (Å²) in [7, 11) is 0. The van der Waals surface area contributed by atoms with Crippen LogP contribution in [0, 0.1) is 0 Å². The lowest BCUT2D eigenvalue weighted by Gasteiger charge is -2.08. The highest BCUT2D eigenvalue weighted by Gasteiger charge is 2.13. The zero-order valence-electron chi connectivity index (χ0n) is 10.0. The smallest absolute Gasteiger partial charge is 0.340 e. The largest absolute Gasteiger partial charge is 0.478 e. The molecule has 0 amide bonds. The molecule has 2 aromatic rings. The second-order valence-corrected chi connectivity index (χ2v) is 4.76. The molecular weight excluding hydrogens is 250 g/mol. The van der Waals surface area contributed by atoms with Crippen molar-refractivity contribution in [2.45, 2.75) is 19.8 Å². The number of rotatable bonds is 4. The van der Waals surface area contributed by atoms with Crippen molar-refractivity contribution in [2.24, 2.45) is 0 Å². The van der Waals surface area contributed by atoms with Gasteiger partial charge in [-0.15, -0.1) is 0 Å². The van der Waals surface area contributed by atoms with Crippen molar-refractivity contribution in [1.29, 1.82) is 0 Å². The minimum absolute atomic E-state index is 0.183. The molecular formula is C12H13N3O2S. The molecule has 0 atom stereocenters. The third-order valence-corrected chi connectivity index (χ3v) is 3.06. The lowest BCUT2D eigenvalue weighted by Crippen LogP contribution is -2.01. The average Bonchev–Trinajstić information content (AvgIpc) is 2.77. The number of carbonyl (C=O) groups is 1. The topological polar surface area (TPSA) is 75.1 Å². The molecule has 2 N–H and O–H groups in total. The van der Waals surface area contributed by atoms with E-state index < -0.39 is 5.97 Å². The van der Waals surface area contributed by atoms with Gasteiger partial charge in [0.25, 0.3) is 0 Å². The molecule has 0 fully saturated rings. The van der Waals surface area contributed by atoms with E-state index in [-0.39, 0.29) is 5.56 Å². The second-order valence-electron chi connectivity index (χ2n) is 4.13. The highest BCUT2D eigenvalue weighted by atomic mass is 32.1. The summed E-state index contributed by atoms with van der Waals surface area (Å²) in [5.74, 6) is -0.293. The summed E-state index contributed by atoms with van der Waals surface area (Å²) in [4.78, 5) is 15.2. The van der Waals surface area contributed by atoms with E-state index in [1.54, 1.807) is 12.3 Å². The van der Waals surface area contributed by atoms with Crippen molar-refractivity contribution in [1.82, 2.24) is 9.36 Å². The summed E-state index contributed by atoms with van der Waals surface area (Å²) in [5, 5.41) is 13.5. The molecule has 2 heterocycles. The molecule has 2 rings (SSSR count). The number of anilines is 2. The van der Waals surface area contributed by atoms with Gasteiger partial charge in [-0.1, -0.05) is 13.8 Å². The van der Waals surface area contributed by atoms with Crippen LogP contribution in [-0.2, 0) is 0 Å². The van der Waals surface area contributed by atoms with Crippen molar-refractivity contribution in [2.75, 3.05) is 5.32 Å². The van der Waals surface area contributed by atoms with Gasteiger partial charge in [-0.3, -0.25) is 4.98 Å². The number of carboxylic acid groups (broad SMARTS) is 1. The molecule has 0 unspecified atom stereocenters. The normalized spacial score (nSPS) is 10.6. The number of carboxylic acids is 1. The highest BCUT2D eigenvalue weighted by molar-refractivity contribution is 7.04. The van der Waals surface area contributed by atoms with Crippen LogP contribution in [0.1, 0.15) is 35.8 Å². The maximum absolute atomic E-state index is 11.0. The Morgan fingerprint density at radius 2 is 2.28 bits per heavy atom. The molecule has 6 heteroatoms. The first-order chi connectivity index (χ1) is 8.58. The molecule has 94 valence electrons. The molecule has 0 radical (unpaired) electrons. The summed E-state index contributed by atoms with van der Waals surface area (Å²) in [6.07, 6.45) is 1.70. The van der Waals surface area contributed by atoms with E-state index in [0.29, 0.717) is 11.7 Å². The van der Waals surface area contributed by atoms with Crippen molar-refractivity contribution >= 4 is 29.0 Å². The van der Waals surface area contributed by atoms with Crippen molar-refractivity contribution in [3.63, 3.8) is 0 Å². The highest BCUT2D eigenvalue weighted by Crippen LogP contribution is 2.23. The van der Waals surface area contributed by atoms with Crippen LogP contribution in [0.4, 0.5) is 11.5 Å². The van der Waals surface area contributed by atoms with E-state index in [1.807, 2.05) is 6.07 Å². The van der Waals surface area contributed by atoms with Gasteiger partial charge in [0.05, 0.1) is 0 Å². The number of aromatic carboxylic acids is 1. The minimum atomic E-state index is -0.982. The number of aromatic nitrogens is 2. The van der Waals surface area contributed by atoms with Gasteiger partial charge in [0.2, 0.25) is 0 Å². The first kappa shape index (κ1) is 12.5. The van der Waals surface area contributed by atoms with E-state index in [2.05, 4.69) is 28.5 Å². The lowest BCUT2D eigenvalue weighted by molar-refractivity contribution is 0.0698. The number of nitrogens with zero attached hydrogens (tertiary/aromatic N) is 2. The van der Waals surface area contributed by atoms with Gasteiger partial charge >= 0.3 is 5.97 Å². The van der Waals surface area contributed by atoms with Crippen LogP contribution in [0.3, 0.4) is 0 Å². The monoisotopic (exact) mass is 263 g/mol. The van der Waals surface area contributed by atoms with Crippen molar-refractivity contribution in [3.05, 3.63) is 35.0 Å². The van der Waals surface area contributed by atoms with Gasteiger partial charge in [0, 0.05) is 23.0 Å². The fourth-order valence-electron chi connectivity index (χ4n) is 1.46. The summed E-state index contributed by atoms with van der Waals surface area (Å²) < 4.78 is 4.04. The summed E-state index contributed by atoms with van der Waals surface area (Å²) >= 11 is 1.12. The Bertz CT molecular complexity index is 566. The Morgan fingerprint density at radius 3 is 2.94 bits per heavy atom. The molecule has 0 bridgehead atoms. The Morgan fingerprint density at radius 1 is 1.50 bits per heavy atom. The molecule has 18 heavy (non-hydrogen) atoms. The Balaban J connectivity index is 2.26. The van der Waals surface area contributed by atoms with Crippen LogP contribution < -0.4 is 5.32 Å². The summed E-state index contributed by atoms with van der Waals surface area (Å²) in [6, 6.07) is 3.69. The van der Waals surface area contributed by atoms with Crippen molar-refractivity contribution < 1.29 is 9.90 Å². The summed E-state index contributed by atoms with van der Waals surface area (Å²) in [5.41, 5.74) is 1.93. The molecule has 0 aliphatic carbocycles. The minimum Gasteiger partial charge on any atom is -0.478 e. The van der Waals surface area contributed by atoms with E-state index >= 15 is 0 Å². The maximum atomic E-state index is 11.0. The number of hydrogen-bond donors (Lipinski definition) is 2. The fourth-order valence-corrected chi connectivity index (χ4v) is 2.08. The number of pyridine rings is 1. The predicted molar refractivity (Wildman–Crippen MR) is 70.7 cm³/mol. The van der Waals surface area contributed by atoms with Gasteiger partial charge < -0.3 is 10.4 Å². The van der Waals surface area contributed by atoms with Gasteiger partial charge in [-0.2, -0.15) is 4.37 Å².